The lowest BCUT2D eigenvalue weighted by Crippen LogP contribution is -2.28. The molecular formula is C21H21F2N3O5. The second kappa shape index (κ2) is 11.3. The van der Waals surface area contributed by atoms with Gasteiger partial charge in [0.2, 0.25) is 11.8 Å². The van der Waals surface area contributed by atoms with Crippen LogP contribution in [0.15, 0.2) is 48.5 Å². The molecule has 0 atom stereocenters. The van der Waals surface area contributed by atoms with Crippen molar-refractivity contribution >= 4 is 29.5 Å². The van der Waals surface area contributed by atoms with Gasteiger partial charge in [-0.25, -0.2) is 0 Å². The number of benzene rings is 2. The van der Waals surface area contributed by atoms with E-state index in [0.29, 0.717) is 0 Å². The summed E-state index contributed by atoms with van der Waals surface area (Å²) < 4.78 is 34.9. The van der Waals surface area contributed by atoms with Crippen molar-refractivity contribution < 1.29 is 32.6 Å². The van der Waals surface area contributed by atoms with Gasteiger partial charge in [-0.05, 0) is 24.3 Å². The van der Waals surface area contributed by atoms with E-state index in [9.17, 15) is 23.2 Å². The van der Waals surface area contributed by atoms with Crippen LogP contribution in [-0.4, -0.2) is 38.0 Å². The molecule has 2 aromatic carbocycles. The SMILES string of the molecule is COc1cccc(/C=C/C(=O)Nc2ccccc2C(=O)NCCC(N)=O)c1OC(F)F. The Morgan fingerprint density at radius 2 is 1.87 bits per heavy atom. The largest absolute Gasteiger partial charge is 0.493 e. The number of nitrogens with two attached hydrogens (primary N) is 1. The van der Waals surface area contributed by atoms with Crippen LogP contribution in [0.5, 0.6) is 11.5 Å². The summed E-state index contributed by atoms with van der Waals surface area (Å²) in [7, 11) is 1.30. The van der Waals surface area contributed by atoms with Crippen LogP contribution in [0.2, 0.25) is 0 Å². The van der Waals surface area contributed by atoms with E-state index in [-0.39, 0.29) is 41.3 Å². The zero-order chi connectivity index (χ0) is 22.8. The smallest absolute Gasteiger partial charge is 0.387 e. The lowest BCUT2D eigenvalue weighted by Gasteiger charge is -2.12. The number of amides is 3. The number of primary amides is 1. The summed E-state index contributed by atoms with van der Waals surface area (Å²) in [5.41, 5.74) is 5.64. The predicted octanol–water partition coefficient (Wildman–Crippen LogP) is 2.55. The van der Waals surface area contributed by atoms with Crippen LogP contribution in [0, 0.1) is 0 Å². The molecule has 0 spiro atoms. The van der Waals surface area contributed by atoms with E-state index in [1.165, 1.54) is 37.5 Å². The number of para-hydroxylation sites is 2. The molecule has 0 aliphatic rings. The van der Waals surface area contributed by atoms with Crippen molar-refractivity contribution in [1.82, 2.24) is 5.32 Å². The fourth-order valence-corrected chi connectivity index (χ4v) is 2.56. The van der Waals surface area contributed by atoms with Gasteiger partial charge in [-0.2, -0.15) is 8.78 Å². The first-order chi connectivity index (χ1) is 14.8. The number of carbonyl (C=O) groups excluding carboxylic acids is 3. The van der Waals surface area contributed by atoms with E-state index in [1.807, 2.05) is 0 Å². The quantitative estimate of drug-likeness (QED) is 0.498. The molecule has 31 heavy (non-hydrogen) atoms. The van der Waals surface area contributed by atoms with Crippen molar-refractivity contribution in [3.8, 4) is 11.5 Å². The molecule has 3 amide bonds. The number of methoxy groups -OCH3 is 1. The third-order valence-electron chi connectivity index (χ3n) is 3.94. The summed E-state index contributed by atoms with van der Waals surface area (Å²) in [6.45, 7) is -3.02. The summed E-state index contributed by atoms with van der Waals surface area (Å²) in [5.74, 6) is -1.79. The third kappa shape index (κ3) is 7.11. The van der Waals surface area contributed by atoms with E-state index in [4.69, 9.17) is 10.5 Å². The number of hydrogen-bond donors (Lipinski definition) is 3. The van der Waals surface area contributed by atoms with Crippen molar-refractivity contribution in [3.05, 3.63) is 59.7 Å². The molecule has 164 valence electrons. The Kier molecular flexibility index (Phi) is 8.50. The first-order valence-corrected chi connectivity index (χ1v) is 9.08. The molecule has 4 N–H and O–H groups in total. The van der Waals surface area contributed by atoms with E-state index >= 15 is 0 Å². The average Bonchev–Trinajstić information content (AvgIpc) is 2.72. The van der Waals surface area contributed by atoms with Crippen LogP contribution in [0.25, 0.3) is 6.08 Å². The summed E-state index contributed by atoms with van der Waals surface area (Å²) in [5, 5.41) is 5.08. The van der Waals surface area contributed by atoms with E-state index in [2.05, 4.69) is 15.4 Å². The molecule has 0 saturated carbocycles. The average molecular weight is 433 g/mol. The first-order valence-electron chi connectivity index (χ1n) is 9.08. The zero-order valence-electron chi connectivity index (χ0n) is 16.6. The number of hydrogen-bond acceptors (Lipinski definition) is 5. The van der Waals surface area contributed by atoms with Crippen molar-refractivity contribution in [3.63, 3.8) is 0 Å². The highest BCUT2D eigenvalue weighted by molar-refractivity contribution is 6.07. The molecule has 10 heteroatoms. The monoisotopic (exact) mass is 433 g/mol. The minimum absolute atomic E-state index is 0.0213. The lowest BCUT2D eigenvalue weighted by atomic mass is 10.1. The molecular weight excluding hydrogens is 412 g/mol. The molecule has 8 nitrogen and oxygen atoms in total. The van der Waals surface area contributed by atoms with Crippen molar-refractivity contribution in [1.29, 1.82) is 0 Å². The summed E-state index contributed by atoms with van der Waals surface area (Å²) in [4.78, 5) is 35.4. The van der Waals surface area contributed by atoms with Gasteiger partial charge in [0.25, 0.3) is 5.91 Å². The molecule has 0 saturated heterocycles. The first kappa shape index (κ1) is 23.3. The number of anilines is 1. The van der Waals surface area contributed by atoms with Gasteiger partial charge in [-0.3, -0.25) is 14.4 Å². The van der Waals surface area contributed by atoms with Crippen LogP contribution in [0.4, 0.5) is 14.5 Å². The maximum atomic E-state index is 12.7. The molecule has 0 aromatic heterocycles. The van der Waals surface area contributed by atoms with E-state index < -0.39 is 24.3 Å². The molecule has 0 aliphatic heterocycles. The number of halogens is 2. The topological polar surface area (TPSA) is 120 Å². The number of rotatable bonds is 10. The predicted molar refractivity (Wildman–Crippen MR) is 110 cm³/mol. The maximum Gasteiger partial charge on any atom is 0.387 e. The second-order valence-electron chi connectivity index (χ2n) is 6.10. The lowest BCUT2D eigenvalue weighted by molar-refractivity contribution is -0.118. The van der Waals surface area contributed by atoms with Crippen LogP contribution >= 0.6 is 0 Å². The maximum absolute atomic E-state index is 12.7. The van der Waals surface area contributed by atoms with Crippen molar-refractivity contribution in [2.24, 2.45) is 5.73 Å². The third-order valence-corrected chi connectivity index (χ3v) is 3.94. The Hall–Kier alpha value is -3.95. The van der Waals surface area contributed by atoms with Crippen LogP contribution in [0.1, 0.15) is 22.3 Å². The second-order valence-corrected chi connectivity index (χ2v) is 6.10. The number of ether oxygens (including phenoxy) is 2. The van der Waals surface area contributed by atoms with Crippen molar-refractivity contribution in [2.45, 2.75) is 13.0 Å². The van der Waals surface area contributed by atoms with Gasteiger partial charge in [-0.1, -0.05) is 24.3 Å². The Balaban J connectivity index is 2.14. The van der Waals surface area contributed by atoms with Gasteiger partial charge >= 0.3 is 6.61 Å². The molecule has 0 fully saturated rings. The van der Waals surface area contributed by atoms with Gasteiger partial charge in [-0.15, -0.1) is 0 Å². The Labute approximate surface area is 177 Å². The van der Waals surface area contributed by atoms with Crippen LogP contribution in [0.3, 0.4) is 0 Å². The van der Waals surface area contributed by atoms with Crippen molar-refractivity contribution in [2.75, 3.05) is 19.0 Å². The highest BCUT2D eigenvalue weighted by Crippen LogP contribution is 2.33. The number of nitrogens with one attached hydrogen (secondary N) is 2. The van der Waals surface area contributed by atoms with Gasteiger partial charge in [0.15, 0.2) is 11.5 Å². The fourth-order valence-electron chi connectivity index (χ4n) is 2.56. The molecule has 2 aromatic rings. The zero-order valence-corrected chi connectivity index (χ0v) is 16.6. The molecule has 0 bridgehead atoms. The molecule has 2 rings (SSSR count). The molecule has 0 radical (unpaired) electrons. The van der Waals surface area contributed by atoms with E-state index in [1.54, 1.807) is 18.2 Å². The minimum atomic E-state index is -3.07. The number of carbonyl (C=O) groups is 3. The standard InChI is InChI=1S/C21H21F2N3O5/c1-30-16-8-4-5-13(19(16)31-21(22)23)9-10-18(28)26-15-7-3-2-6-14(15)20(29)25-12-11-17(24)27/h2-10,21H,11-12H2,1H3,(H2,24,27)(H,25,29)(H,26,28)/b10-9+. The summed E-state index contributed by atoms with van der Waals surface area (Å²) in [6.07, 6.45) is 2.37. The fraction of sp³-hybridized carbons (Fsp3) is 0.190. The highest BCUT2D eigenvalue weighted by atomic mass is 19.3. The Morgan fingerprint density at radius 3 is 2.55 bits per heavy atom. The Bertz CT molecular complexity index is 979. The number of alkyl halides is 2. The molecule has 0 unspecified atom stereocenters. The van der Waals surface area contributed by atoms with Gasteiger partial charge in [0.05, 0.1) is 18.4 Å². The van der Waals surface area contributed by atoms with Crippen LogP contribution < -0.4 is 25.8 Å². The molecule has 0 aliphatic carbocycles. The van der Waals surface area contributed by atoms with Gasteiger partial charge in [0, 0.05) is 24.6 Å². The molecule has 0 heterocycles. The van der Waals surface area contributed by atoms with Crippen LogP contribution in [-0.2, 0) is 9.59 Å². The minimum Gasteiger partial charge on any atom is -0.493 e. The van der Waals surface area contributed by atoms with Gasteiger partial charge in [0.1, 0.15) is 0 Å². The summed E-state index contributed by atoms with van der Waals surface area (Å²) >= 11 is 0. The highest BCUT2D eigenvalue weighted by Gasteiger charge is 2.15. The van der Waals surface area contributed by atoms with E-state index in [0.717, 1.165) is 6.08 Å². The normalized spacial score (nSPS) is 10.7. The Morgan fingerprint density at radius 1 is 1.13 bits per heavy atom. The van der Waals surface area contributed by atoms with Gasteiger partial charge < -0.3 is 25.8 Å². The summed E-state index contributed by atoms with van der Waals surface area (Å²) in [6, 6.07) is 10.7.